The molecule has 2 aliphatic rings. The first-order valence-electron chi connectivity index (χ1n) is 13.4. The highest BCUT2D eigenvalue weighted by atomic mass is 15.3. The van der Waals surface area contributed by atoms with Gasteiger partial charge in [-0.3, -0.25) is 9.36 Å². The number of nitrogens with zero attached hydrogens (tertiary/aromatic N) is 4. The topological polar surface area (TPSA) is 35.6 Å². The van der Waals surface area contributed by atoms with Crippen LogP contribution in [-0.2, 0) is 14.1 Å². The van der Waals surface area contributed by atoms with E-state index in [-0.39, 0.29) is 0 Å². The molecule has 0 unspecified atom stereocenters. The number of benzene rings is 1. The normalized spacial score (nSPS) is 24.5. The van der Waals surface area contributed by atoms with Crippen molar-refractivity contribution in [2.24, 2.45) is 25.9 Å². The molecule has 0 amide bonds. The number of aryl methyl sites for hydroxylation is 2. The van der Waals surface area contributed by atoms with E-state index in [4.69, 9.17) is 10.2 Å². The van der Waals surface area contributed by atoms with Gasteiger partial charge in [-0.25, -0.2) is 0 Å². The van der Waals surface area contributed by atoms with Crippen molar-refractivity contribution in [2.45, 2.75) is 90.9 Å². The van der Waals surface area contributed by atoms with Crippen LogP contribution < -0.4 is 0 Å². The zero-order chi connectivity index (χ0) is 24.3. The Morgan fingerprint density at radius 2 is 1.12 bits per heavy atom. The highest BCUT2D eigenvalue weighted by molar-refractivity contribution is 5.75. The molecule has 0 aliphatic heterocycles. The van der Waals surface area contributed by atoms with Crippen molar-refractivity contribution >= 4 is 0 Å². The van der Waals surface area contributed by atoms with E-state index in [9.17, 15) is 0 Å². The van der Waals surface area contributed by atoms with Gasteiger partial charge in [0.2, 0.25) is 0 Å². The van der Waals surface area contributed by atoms with E-state index < -0.39 is 0 Å². The molecular weight excluding hydrogens is 416 g/mol. The molecule has 2 aliphatic carbocycles. The maximum Gasteiger partial charge on any atom is 0.0716 e. The van der Waals surface area contributed by atoms with Gasteiger partial charge in [-0.05, 0) is 55.4 Å². The Morgan fingerprint density at radius 1 is 0.706 bits per heavy atom. The fourth-order valence-corrected chi connectivity index (χ4v) is 6.86. The summed E-state index contributed by atoms with van der Waals surface area (Å²) in [5, 5.41) is 10.2. The van der Waals surface area contributed by atoms with E-state index in [0.717, 1.165) is 0 Å². The molecule has 0 saturated heterocycles. The minimum Gasteiger partial charge on any atom is -0.267 e. The molecule has 2 aromatic heterocycles. The Hall–Kier alpha value is -2.36. The zero-order valence-corrected chi connectivity index (χ0v) is 22.4. The number of aromatic nitrogens is 4. The molecule has 4 atom stereocenters. The van der Waals surface area contributed by atoms with Crippen molar-refractivity contribution in [3.05, 3.63) is 46.8 Å². The van der Waals surface area contributed by atoms with Crippen LogP contribution in [0.5, 0.6) is 0 Å². The molecule has 3 aromatic rings. The molecular formula is C30H42N4. The van der Waals surface area contributed by atoms with E-state index in [2.05, 4.69) is 89.3 Å². The van der Waals surface area contributed by atoms with Crippen molar-refractivity contribution < 1.29 is 0 Å². The van der Waals surface area contributed by atoms with E-state index in [1.807, 2.05) is 0 Å². The number of rotatable bonds is 4. The lowest BCUT2D eigenvalue weighted by Crippen LogP contribution is -2.17. The maximum atomic E-state index is 5.10. The number of hydrogen-bond donors (Lipinski definition) is 0. The quantitative estimate of drug-likeness (QED) is 0.400. The predicted molar refractivity (Wildman–Crippen MR) is 141 cm³/mol. The summed E-state index contributed by atoms with van der Waals surface area (Å²) in [4.78, 5) is 0. The van der Waals surface area contributed by atoms with Gasteiger partial charge in [0.1, 0.15) is 0 Å². The van der Waals surface area contributed by atoms with Crippen LogP contribution in [0, 0.1) is 11.8 Å². The van der Waals surface area contributed by atoms with Crippen LogP contribution in [0.4, 0.5) is 0 Å². The minimum absolute atomic E-state index is 0.550. The lowest BCUT2D eigenvalue weighted by molar-refractivity contribution is 0.401. The molecule has 5 rings (SSSR count). The SMILES string of the molecule is CC(C)[C@@H]1CC[C@@H](C)c2c1nn(C)c2-c1cccc(-c2c3c(nn2C)[C@H](C(C)C)CC[C@H]3C)c1. The number of fused-ring (bicyclic) bond motifs is 2. The van der Waals surface area contributed by atoms with E-state index >= 15 is 0 Å². The molecule has 0 saturated carbocycles. The van der Waals surface area contributed by atoms with Gasteiger partial charge in [0, 0.05) is 48.2 Å². The standard InChI is InChI=1S/C30H42N4/c1-17(2)23-14-12-19(5)25-27(23)31-33(7)29(25)21-10-9-11-22(16-21)30-26-20(6)13-15-24(18(3)4)28(26)32-34(30)8/h9-11,16-20,23-24H,12-15H2,1-8H3/t19-,20-,23+,24+/m1/s1. The fraction of sp³-hybridized carbons (Fsp3) is 0.600. The second-order valence-electron chi connectivity index (χ2n) is 11.8. The summed E-state index contributed by atoms with van der Waals surface area (Å²) in [6.45, 7) is 14.1. The first-order valence-corrected chi connectivity index (χ1v) is 13.4. The first kappa shape index (κ1) is 23.4. The van der Waals surface area contributed by atoms with Gasteiger partial charge in [0.15, 0.2) is 0 Å². The molecule has 182 valence electrons. The summed E-state index contributed by atoms with van der Waals surface area (Å²) in [5.41, 5.74) is 10.8. The Kier molecular flexibility index (Phi) is 5.98. The molecule has 0 bridgehead atoms. The average molecular weight is 459 g/mol. The largest absolute Gasteiger partial charge is 0.267 e. The third-order valence-electron chi connectivity index (χ3n) is 8.75. The van der Waals surface area contributed by atoms with E-state index in [0.29, 0.717) is 35.5 Å². The van der Waals surface area contributed by atoms with Crippen molar-refractivity contribution in [3.8, 4) is 22.5 Å². The van der Waals surface area contributed by atoms with Crippen molar-refractivity contribution in [1.82, 2.24) is 19.6 Å². The molecule has 1 aromatic carbocycles. The van der Waals surface area contributed by atoms with E-state index in [1.165, 1.54) is 70.7 Å². The summed E-state index contributed by atoms with van der Waals surface area (Å²) in [6, 6.07) is 9.17. The van der Waals surface area contributed by atoms with Crippen LogP contribution in [0.1, 0.15) is 113 Å². The Labute approximate surface area is 205 Å². The molecule has 0 N–H and O–H groups in total. The van der Waals surface area contributed by atoms with Crippen LogP contribution in [0.15, 0.2) is 24.3 Å². The highest BCUT2D eigenvalue weighted by Gasteiger charge is 2.35. The lowest BCUT2D eigenvalue weighted by Gasteiger charge is -2.29. The monoisotopic (exact) mass is 458 g/mol. The third kappa shape index (κ3) is 3.65. The Bertz CT molecular complexity index is 1110. The zero-order valence-electron chi connectivity index (χ0n) is 22.4. The van der Waals surface area contributed by atoms with Crippen LogP contribution >= 0.6 is 0 Å². The van der Waals surface area contributed by atoms with Crippen molar-refractivity contribution in [2.75, 3.05) is 0 Å². The fourth-order valence-electron chi connectivity index (χ4n) is 6.86. The van der Waals surface area contributed by atoms with Gasteiger partial charge in [-0.1, -0.05) is 59.7 Å². The van der Waals surface area contributed by atoms with Gasteiger partial charge >= 0.3 is 0 Å². The molecule has 0 spiro atoms. The highest BCUT2D eigenvalue weighted by Crippen LogP contribution is 2.48. The predicted octanol–water partition coefficient (Wildman–Crippen LogP) is 7.76. The second kappa shape index (κ2) is 8.70. The van der Waals surface area contributed by atoms with Gasteiger partial charge < -0.3 is 0 Å². The number of hydrogen-bond acceptors (Lipinski definition) is 2. The first-order chi connectivity index (χ1) is 16.2. The Morgan fingerprint density at radius 3 is 1.50 bits per heavy atom. The van der Waals surface area contributed by atoms with Crippen molar-refractivity contribution in [3.63, 3.8) is 0 Å². The third-order valence-corrected chi connectivity index (χ3v) is 8.75. The van der Waals surface area contributed by atoms with Gasteiger partial charge in [0.05, 0.1) is 22.8 Å². The van der Waals surface area contributed by atoms with Crippen LogP contribution in [0.3, 0.4) is 0 Å². The molecule has 0 radical (unpaired) electrons. The molecule has 0 fully saturated rings. The summed E-state index contributed by atoms with van der Waals surface area (Å²) < 4.78 is 4.30. The molecule has 34 heavy (non-hydrogen) atoms. The second-order valence-corrected chi connectivity index (χ2v) is 11.8. The summed E-state index contributed by atoms with van der Waals surface area (Å²) in [7, 11) is 4.26. The molecule has 2 heterocycles. The van der Waals surface area contributed by atoms with Crippen LogP contribution in [-0.4, -0.2) is 19.6 Å². The van der Waals surface area contributed by atoms with Gasteiger partial charge in [-0.2, -0.15) is 10.2 Å². The van der Waals surface area contributed by atoms with Crippen LogP contribution in [0.25, 0.3) is 22.5 Å². The minimum atomic E-state index is 0.550. The molecule has 4 nitrogen and oxygen atoms in total. The maximum absolute atomic E-state index is 5.10. The Balaban J connectivity index is 1.64. The van der Waals surface area contributed by atoms with E-state index in [1.54, 1.807) is 0 Å². The average Bonchev–Trinajstić information content (AvgIpc) is 3.31. The van der Waals surface area contributed by atoms with Gasteiger partial charge in [0.25, 0.3) is 0 Å². The summed E-state index contributed by atoms with van der Waals surface area (Å²) in [6.07, 6.45) is 4.99. The lowest BCUT2D eigenvalue weighted by atomic mass is 9.75. The van der Waals surface area contributed by atoms with Gasteiger partial charge in [-0.15, -0.1) is 0 Å². The molecule has 4 heteroatoms. The summed E-state index contributed by atoms with van der Waals surface area (Å²) >= 11 is 0. The smallest absolute Gasteiger partial charge is 0.0716 e. The summed E-state index contributed by atoms with van der Waals surface area (Å²) in [5.74, 6) is 3.47. The van der Waals surface area contributed by atoms with Crippen molar-refractivity contribution in [1.29, 1.82) is 0 Å². The van der Waals surface area contributed by atoms with Crippen LogP contribution in [0.2, 0.25) is 0 Å².